The molecule has 9 nitrogen and oxygen atoms in total. The average molecular weight is 1150 g/mol. The fourth-order valence-electron chi connectivity index (χ4n) is 9.65. The van der Waals surface area contributed by atoms with Crippen LogP contribution in [0.3, 0.4) is 0 Å². The molecule has 1 rings (SSSR count). The summed E-state index contributed by atoms with van der Waals surface area (Å²) in [5, 5.41) is 54.7. The van der Waals surface area contributed by atoms with Gasteiger partial charge in [-0.1, -0.05) is 282 Å². The first-order valence-corrected chi connectivity index (χ1v) is 33.6. The van der Waals surface area contributed by atoms with Gasteiger partial charge >= 0.3 is 0 Å². The van der Waals surface area contributed by atoms with Crippen molar-refractivity contribution in [2.45, 2.75) is 301 Å². The first-order chi connectivity index (χ1) is 40.8. The minimum Gasteiger partial charge on any atom is -0.394 e. The van der Waals surface area contributed by atoms with Crippen molar-refractivity contribution in [2.24, 2.45) is 0 Å². The number of ether oxygens (including phenoxy) is 2. The molecule has 1 fully saturated rings. The van der Waals surface area contributed by atoms with Crippen LogP contribution in [0.5, 0.6) is 0 Å². The number of hydrogen-bond acceptors (Lipinski definition) is 8. The predicted octanol–water partition coefficient (Wildman–Crippen LogP) is 18.2. The van der Waals surface area contributed by atoms with Gasteiger partial charge in [0.1, 0.15) is 24.4 Å². The molecule has 7 unspecified atom stereocenters. The Morgan fingerprint density at radius 1 is 0.422 bits per heavy atom. The number of allylic oxidation sites excluding steroid dienone is 23. The summed E-state index contributed by atoms with van der Waals surface area (Å²) in [6, 6.07) is -0.843. The lowest BCUT2D eigenvalue weighted by Crippen LogP contribution is -2.60. The molecular weight excluding hydrogens is 1030 g/mol. The number of amides is 1. The van der Waals surface area contributed by atoms with Crippen molar-refractivity contribution in [2.75, 3.05) is 13.2 Å². The van der Waals surface area contributed by atoms with Crippen LogP contribution >= 0.6 is 0 Å². The van der Waals surface area contributed by atoms with Crippen LogP contribution in [0.25, 0.3) is 0 Å². The molecule has 472 valence electrons. The van der Waals surface area contributed by atoms with E-state index in [1.54, 1.807) is 6.08 Å². The molecule has 0 aromatic carbocycles. The van der Waals surface area contributed by atoms with Crippen molar-refractivity contribution >= 4 is 5.91 Å². The number of aliphatic hydroxyl groups is 5. The van der Waals surface area contributed by atoms with Crippen molar-refractivity contribution in [3.05, 3.63) is 146 Å². The summed E-state index contributed by atoms with van der Waals surface area (Å²) in [6.45, 7) is 3.65. The summed E-state index contributed by atoms with van der Waals surface area (Å²) in [4.78, 5) is 13.1. The lowest BCUT2D eigenvalue weighted by Gasteiger charge is -2.40. The molecular formula is C74H123NO8. The van der Waals surface area contributed by atoms with Gasteiger partial charge < -0.3 is 40.3 Å². The highest BCUT2D eigenvalue weighted by Crippen LogP contribution is 2.23. The minimum absolute atomic E-state index is 0.202. The summed E-state index contributed by atoms with van der Waals surface area (Å²) in [6.07, 6.45) is 87.9. The van der Waals surface area contributed by atoms with Crippen molar-refractivity contribution in [1.82, 2.24) is 5.32 Å². The van der Waals surface area contributed by atoms with Crippen LogP contribution in [0.2, 0.25) is 0 Å². The fourth-order valence-corrected chi connectivity index (χ4v) is 9.65. The van der Waals surface area contributed by atoms with Crippen LogP contribution in [0.4, 0.5) is 0 Å². The minimum atomic E-state index is -1.59. The van der Waals surface area contributed by atoms with E-state index in [4.69, 9.17) is 9.47 Å². The Labute approximate surface area is 508 Å². The zero-order valence-electron chi connectivity index (χ0n) is 52.6. The van der Waals surface area contributed by atoms with E-state index in [2.05, 4.69) is 153 Å². The fraction of sp³-hybridized carbons (Fsp3) is 0.662. The Hall–Kier alpha value is -3.93. The normalized spacial score (nSPS) is 19.2. The zero-order chi connectivity index (χ0) is 60.0. The van der Waals surface area contributed by atoms with Crippen molar-refractivity contribution < 1.29 is 39.8 Å². The monoisotopic (exact) mass is 1150 g/mol. The van der Waals surface area contributed by atoms with E-state index in [-0.39, 0.29) is 12.5 Å². The molecule has 0 aromatic heterocycles. The molecule has 1 aliphatic heterocycles. The summed E-state index contributed by atoms with van der Waals surface area (Å²) in [5.41, 5.74) is 0. The predicted molar refractivity (Wildman–Crippen MR) is 354 cm³/mol. The van der Waals surface area contributed by atoms with Crippen molar-refractivity contribution in [1.29, 1.82) is 0 Å². The third-order valence-corrected chi connectivity index (χ3v) is 14.9. The largest absolute Gasteiger partial charge is 0.394 e. The van der Waals surface area contributed by atoms with Gasteiger partial charge in [-0.3, -0.25) is 4.79 Å². The van der Waals surface area contributed by atoms with Gasteiger partial charge in [0, 0.05) is 6.42 Å². The van der Waals surface area contributed by atoms with Crippen LogP contribution < -0.4 is 5.32 Å². The number of unbranched alkanes of at least 4 members (excludes halogenated alkanes) is 24. The molecule has 1 amide bonds. The number of rotatable bonds is 56. The highest BCUT2D eigenvalue weighted by Gasteiger charge is 2.44. The molecule has 0 spiro atoms. The number of nitrogens with one attached hydrogen (secondary N) is 1. The van der Waals surface area contributed by atoms with E-state index in [9.17, 15) is 30.3 Å². The second-order valence-corrected chi connectivity index (χ2v) is 22.5. The van der Waals surface area contributed by atoms with Crippen molar-refractivity contribution in [3.63, 3.8) is 0 Å². The quantitative estimate of drug-likeness (QED) is 0.0261. The van der Waals surface area contributed by atoms with E-state index in [1.807, 2.05) is 6.08 Å². The number of hydrogen-bond donors (Lipinski definition) is 6. The lowest BCUT2D eigenvalue weighted by atomic mass is 9.99. The van der Waals surface area contributed by atoms with E-state index in [0.29, 0.717) is 6.42 Å². The Bertz CT molecular complexity index is 1820. The third kappa shape index (κ3) is 50.0. The molecule has 0 aliphatic carbocycles. The van der Waals surface area contributed by atoms with Gasteiger partial charge in [-0.15, -0.1) is 0 Å². The van der Waals surface area contributed by atoms with E-state index in [0.717, 1.165) is 122 Å². The Morgan fingerprint density at radius 3 is 1.16 bits per heavy atom. The third-order valence-electron chi connectivity index (χ3n) is 14.9. The second kappa shape index (κ2) is 61.2. The van der Waals surface area contributed by atoms with Gasteiger partial charge in [-0.2, -0.15) is 0 Å². The van der Waals surface area contributed by atoms with Crippen LogP contribution in [-0.2, 0) is 14.3 Å². The number of aliphatic hydroxyl groups excluding tert-OH is 5. The first kappa shape index (κ1) is 77.1. The summed E-state index contributed by atoms with van der Waals surface area (Å²) >= 11 is 0. The summed E-state index contributed by atoms with van der Waals surface area (Å²) in [7, 11) is 0. The smallest absolute Gasteiger partial charge is 0.220 e. The van der Waals surface area contributed by atoms with E-state index >= 15 is 0 Å². The molecule has 7 atom stereocenters. The topological polar surface area (TPSA) is 149 Å². The van der Waals surface area contributed by atoms with Gasteiger partial charge in [0.15, 0.2) is 6.29 Å². The molecule has 9 heteroatoms. The zero-order valence-corrected chi connectivity index (χ0v) is 52.6. The molecule has 0 saturated carbocycles. The molecule has 0 aromatic rings. The van der Waals surface area contributed by atoms with Crippen LogP contribution in [0.15, 0.2) is 146 Å². The Morgan fingerprint density at radius 2 is 0.759 bits per heavy atom. The molecule has 83 heavy (non-hydrogen) atoms. The molecule has 1 heterocycles. The van der Waals surface area contributed by atoms with Gasteiger partial charge in [0.2, 0.25) is 5.91 Å². The molecule has 0 radical (unpaired) electrons. The Balaban J connectivity index is 2.21. The SMILES string of the molecule is CC/C=C\C/C=C\C/C=C\C/C=C\C/C=C\C/C=C\C/C=C\C/C=C\C/C=C\CCCCCCCCCCCC(=O)NC(COC1OC(CO)C(O)C(O)C1O)C(O)/C=C/CC/C=C/CC/C=C/CCCCCCCCCCCCCCC. The van der Waals surface area contributed by atoms with Crippen LogP contribution in [0.1, 0.15) is 258 Å². The van der Waals surface area contributed by atoms with E-state index < -0.39 is 49.5 Å². The standard InChI is InChI=1S/C74H123NO8/c1-3-5-7-9-11-13-15-17-19-21-23-25-27-28-29-30-31-32-33-34-35-36-37-38-39-40-42-44-46-48-50-52-54-56-58-60-62-64-70(78)75-67(66-82-74-73(81)72(80)71(79)69(65-76)83-74)68(77)63-61-59-57-55-53-51-49-47-45-43-41-26-24-22-20-18-16-14-12-10-8-6-4-2/h5,7,11,13,17,19,23,25,28-29,31-32,34-35,37-38,40,42,45,47,53,55,61,63,67-69,71-74,76-77,79-81H,3-4,6,8-10,12,14-16,18,20-22,24,26-27,30,33,36,39,41,43-44,46,48-52,54,56-60,62,64-66H2,1-2H3,(H,75,78)/b7-5-,13-11-,19-17-,25-23-,29-28-,32-31-,35-34-,38-37-,42-40-,47-45+,55-53+,63-61+. The van der Waals surface area contributed by atoms with Gasteiger partial charge in [0.05, 0.1) is 25.4 Å². The number of carbonyl (C=O) groups excluding carboxylic acids is 1. The van der Waals surface area contributed by atoms with Crippen LogP contribution in [-0.4, -0.2) is 87.5 Å². The van der Waals surface area contributed by atoms with Crippen LogP contribution in [0, 0.1) is 0 Å². The maximum Gasteiger partial charge on any atom is 0.220 e. The molecule has 6 N–H and O–H groups in total. The maximum absolute atomic E-state index is 13.1. The average Bonchev–Trinajstić information content (AvgIpc) is 3.60. The highest BCUT2D eigenvalue weighted by atomic mass is 16.7. The molecule has 1 aliphatic rings. The molecule has 1 saturated heterocycles. The summed E-state index contributed by atoms with van der Waals surface area (Å²) < 4.78 is 11.3. The van der Waals surface area contributed by atoms with Gasteiger partial charge in [0.25, 0.3) is 0 Å². The Kier molecular flexibility index (Phi) is 56.8. The summed E-state index contributed by atoms with van der Waals surface area (Å²) in [5.74, 6) is -0.202. The maximum atomic E-state index is 13.1. The lowest BCUT2D eigenvalue weighted by molar-refractivity contribution is -0.302. The van der Waals surface area contributed by atoms with Crippen molar-refractivity contribution in [3.8, 4) is 0 Å². The van der Waals surface area contributed by atoms with Gasteiger partial charge in [-0.05, 0) is 116 Å². The highest BCUT2D eigenvalue weighted by molar-refractivity contribution is 5.76. The molecule has 0 bridgehead atoms. The van der Waals surface area contributed by atoms with E-state index in [1.165, 1.54) is 116 Å². The first-order valence-electron chi connectivity index (χ1n) is 33.6. The second-order valence-electron chi connectivity index (χ2n) is 22.5. The van der Waals surface area contributed by atoms with Gasteiger partial charge in [-0.25, -0.2) is 0 Å². The number of carbonyl (C=O) groups is 1.